The van der Waals surface area contributed by atoms with E-state index in [0.717, 1.165) is 11.1 Å². The lowest BCUT2D eigenvalue weighted by Gasteiger charge is -2.10. The van der Waals surface area contributed by atoms with Gasteiger partial charge < -0.3 is 20.4 Å². The number of amides is 4. The zero-order chi connectivity index (χ0) is 24.6. The summed E-state index contributed by atoms with van der Waals surface area (Å²) < 4.78 is 5.05. The largest absolute Gasteiger partial charge is 0.459 e. The predicted octanol–water partition coefficient (Wildman–Crippen LogP) is 4.80. The monoisotopic (exact) mass is 489 g/mol. The first-order valence-electron chi connectivity index (χ1n) is 10.7. The maximum absolute atomic E-state index is 12.4. The van der Waals surface area contributed by atoms with Gasteiger partial charge in [0, 0.05) is 23.3 Å². The van der Waals surface area contributed by atoms with Gasteiger partial charge in [-0.1, -0.05) is 24.3 Å². The van der Waals surface area contributed by atoms with Gasteiger partial charge in [-0.25, -0.2) is 9.78 Å². The highest BCUT2D eigenvalue weighted by atomic mass is 32.1. The first-order chi connectivity index (χ1) is 16.9. The van der Waals surface area contributed by atoms with Crippen molar-refractivity contribution < 1.29 is 18.8 Å². The van der Waals surface area contributed by atoms with E-state index >= 15 is 0 Å². The molecule has 0 unspecified atom stereocenters. The molecule has 0 saturated carbocycles. The third-order valence-electron chi connectivity index (χ3n) is 4.81. The quantitative estimate of drug-likeness (QED) is 0.283. The van der Waals surface area contributed by atoms with E-state index in [-0.39, 0.29) is 24.1 Å². The van der Waals surface area contributed by atoms with Gasteiger partial charge in [0.15, 0.2) is 10.9 Å². The van der Waals surface area contributed by atoms with Crippen LogP contribution >= 0.6 is 11.3 Å². The first kappa shape index (κ1) is 23.7. The summed E-state index contributed by atoms with van der Waals surface area (Å²) in [6.45, 7) is 2.24. The molecule has 0 fully saturated rings. The smallest absolute Gasteiger partial charge is 0.323 e. The molecule has 2 aromatic carbocycles. The summed E-state index contributed by atoms with van der Waals surface area (Å²) in [5.74, 6) is -0.431. The number of anilines is 3. The molecule has 0 radical (unpaired) electrons. The molecule has 4 aromatic rings. The van der Waals surface area contributed by atoms with Crippen LogP contribution in [0.3, 0.4) is 0 Å². The van der Waals surface area contributed by atoms with Crippen molar-refractivity contribution >= 4 is 45.7 Å². The second kappa shape index (κ2) is 11.1. The number of carbonyl (C=O) groups is 3. The molecule has 4 rings (SSSR count). The molecule has 9 nitrogen and oxygen atoms in total. The molecule has 2 heterocycles. The highest BCUT2D eigenvalue weighted by Crippen LogP contribution is 2.17. The van der Waals surface area contributed by atoms with Crippen LogP contribution in [0.25, 0.3) is 0 Å². The number of hydrogen-bond acceptors (Lipinski definition) is 6. The summed E-state index contributed by atoms with van der Waals surface area (Å²) in [7, 11) is 0. The molecule has 0 atom stereocenters. The van der Waals surface area contributed by atoms with E-state index in [4.69, 9.17) is 4.42 Å². The lowest BCUT2D eigenvalue weighted by Crippen LogP contribution is -2.25. The minimum Gasteiger partial charge on any atom is -0.459 e. The second-order valence-electron chi connectivity index (χ2n) is 7.68. The Labute approximate surface area is 205 Å². The van der Waals surface area contributed by atoms with Crippen molar-refractivity contribution in [1.82, 2.24) is 10.3 Å². The van der Waals surface area contributed by atoms with Crippen LogP contribution in [0.1, 0.15) is 27.4 Å². The van der Waals surface area contributed by atoms with Crippen LogP contribution in [-0.4, -0.2) is 22.8 Å². The van der Waals surface area contributed by atoms with Crippen LogP contribution in [0.2, 0.25) is 0 Å². The van der Waals surface area contributed by atoms with Crippen LogP contribution in [0.5, 0.6) is 0 Å². The lowest BCUT2D eigenvalue weighted by molar-refractivity contribution is -0.120. The normalized spacial score (nSPS) is 10.4. The van der Waals surface area contributed by atoms with Crippen LogP contribution in [-0.2, 0) is 17.8 Å². The molecule has 0 aliphatic carbocycles. The number of rotatable bonds is 8. The zero-order valence-corrected chi connectivity index (χ0v) is 19.6. The summed E-state index contributed by atoms with van der Waals surface area (Å²) in [6, 6.07) is 17.6. The second-order valence-corrected chi connectivity index (χ2v) is 8.54. The minimum atomic E-state index is -0.401. The Hall–Kier alpha value is -4.44. The Morgan fingerprint density at radius 3 is 2.46 bits per heavy atom. The van der Waals surface area contributed by atoms with E-state index < -0.39 is 5.91 Å². The van der Waals surface area contributed by atoms with E-state index in [1.165, 1.54) is 17.6 Å². The molecule has 0 aliphatic rings. The number of aromatic nitrogens is 1. The van der Waals surface area contributed by atoms with Crippen molar-refractivity contribution in [3.05, 3.63) is 94.9 Å². The number of aryl methyl sites for hydroxylation is 1. The number of nitrogens with zero attached hydrogens (tertiary/aromatic N) is 1. The van der Waals surface area contributed by atoms with Gasteiger partial charge in [-0.05, 0) is 54.4 Å². The zero-order valence-electron chi connectivity index (χ0n) is 18.8. The maximum Gasteiger partial charge on any atom is 0.323 e. The van der Waals surface area contributed by atoms with E-state index in [2.05, 4.69) is 26.3 Å². The SMILES string of the molecule is Cc1cccc(NC(=O)Nc2cccc(CNC(=O)Cc3csc(NC(=O)c4ccco4)n3)c2)c1. The molecule has 178 valence electrons. The Balaban J connectivity index is 1.25. The van der Waals surface area contributed by atoms with E-state index in [1.54, 1.807) is 35.7 Å². The number of hydrogen-bond donors (Lipinski definition) is 4. The number of carbonyl (C=O) groups excluding carboxylic acids is 3. The number of benzene rings is 2. The average Bonchev–Trinajstić information content (AvgIpc) is 3.50. The van der Waals surface area contributed by atoms with Crippen molar-refractivity contribution in [2.24, 2.45) is 0 Å². The van der Waals surface area contributed by atoms with Gasteiger partial charge in [0.25, 0.3) is 5.91 Å². The molecular weight excluding hydrogens is 466 g/mol. The summed E-state index contributed by atoms with van der Waals surface area (Å²) in [6.07, 6.45) is 1.49. The fourth-order valence-electron chi connectivity index (χ4n) is 3.22. The fourth-order valence-corrected chi connectivity index (χ4v) is 3.92. The third-order valence-corrected chi connectivity index (χ3v) is 5.62. The van der Waals surface area contributed by atoms with Gasteiger partial charge >= 0.3 is 6.03 Å². The van der Waals surface area contributed by atoms with Crippen molar-refractivity contribution in [2.75, 3.05) is 16.0 Å². The Kier molecular flexibility index (Phi) is 7.53. The number of urea groups is 1. The molecule has 0 saturated heterocycles. The topological polar surface area (TPSA) is 125 Å². The number of furan rings is 1. The van der Waals surface area contributed by atoms with Crippen molar-refractivity contribution in [1.29, 1.82) is 0 Å². The third kappa shape index (κ3) is 7.02. The minimum absolute atomic E-state index is 0.0734. The van der Waals surface area contributed by atoms with Gasteiger partial charge in [-0.2, -0.15) is 0 Å². The molecule has 0 bridgehead atoms. The highest BCUT2D eigenvalue weighted by Gasteiger charge is 2.13. The molecule has 2 aromatic heterocycles. The highest BCUT2D eigenvalue weighted by molar-refractivity contribution is 7.14. The van der Waals surface area contributed by atoms with E-state index in [9.17, 15) is 14.4 Å². The molecule has 0 aliphatic heterocycles. The Morgan fingerprint density at radius 1 is 0.943 bits per heavy atom. The maximum atomic E-state index is 12.4. The summed E-state index contributed by atoms with van der Waals surface area (Å²) in [5.41, 5.74) is 3.74. The van der Waals surface area contributed by atoms with Gasteiger partial charge in [0.1, 0.15) is 0 Å². The van der Waals surface area contributed by atoms with Crippen LogP contribution in [0, 0.1) is 6.92 Å². The molecular formula is C25H23N5O4S. The van der Waals surface area contributed by atoms with Crippen molar-refractivity contribution in [2.45, 2.75) is 19.9 Å². The average molecular weight is 490 g/mol. The molecule has 4 N–H and O–H groups in total. The van der Waals surface area contributed by atoms with E-state index in [1.807, 2.05) is 37.3 Å². The van der Waals surface area contributed by atoms with Gasteiger partial charge in [0.05, 0.1) is 18.4 Å². The molecule has 4 amide bonds. The van der Waals surface area contributed by atoms with Crippen molar-refractivity contribution in [3.63, 3.8) is 0 Å². The van der Waals surface area contributed by atoms with E-state index in [0.29, 0.717) is 28.7 Å². The summed E-state index contributed by atoms with van der Waals surface area (Å²) in [4.78, 5) is 40.9. The van der Waals surface area contributed by atoms with Gasteiger partial charge in [-0.15, -0.1) is 11.3 Å². The van der Waals surface area contributed by atoms with Crippen LogP contribution in [0.4, 0.5) is 21.3 Å². The van der Waals surface area contributed by atoms with Gasteiger partial charge in [0.2, 0.25) is 5.91 Å². The number of nitrogens with one attached hydrogen (secondary N) is 4. The molecule has 10 heteroatoms. The summed E-state index contributed by atoms with van der Waals surface area (Å²) >= 11 is 1.23. The molecule has 0 spiro atoms. The Bertz CT molecular complexity index is 1330. The first-order valence-corrected chi connectivity index (χ1v) is 11.6. The van der Waals surface area contributed by atoms with Crippen molar-refractivity contribution in [3.8, 4) is 0 Å². The fraction of sp³-hybridized carbons (Fsp3) is 0.120. The summed E-state index contributed by atoms with van der Waals surface area (Å²) in [5, 5.41) is 13.2. The Morgan fingerprint density at radius 2 is 1.71 bits per heavy atom. The lowest BCUT2D eigenvalue weighted by atomic mass is 10.2. The predicted molar refractivity (Wildman–Crippen MR) is 135 cm³/mol. The standard InChI is InChI=1S/C25H23N5O4S/c1-16-5-2-7-18(11-16)27-24(33)28-19-8-3-6-17(12-19)14-26-22(31)13-20-15-35-25(29-20)30-23(32)21-9-4-10-34-21/h2-12,15H,13-14H2,1H3,(H,26,31)(H2,27,28,33)(H,29,30,32). The molecule has 35 heavy (non-hydrogen) atoms. The van der Waals surface area contributed by atoms with Crippen LogP contribution in [0.15, 0.2) is 76.7 Å². The van der Waals surface area contributed by atoms with Crippen LogP contribution < -0.4 is 21.3 Å². The van der Waals surface area contributed by atoms with Gasteiger partial charge in [-0.3, -0.25) is 14.9 Å². The number of thiazole rings is 1.